The molecule has 0 aliphatic carbocycles. The first kappa shape index (κ1) is 18.4. The fourth-order valence-electron chi connectivity index (χ4n) is 3.53. The van der Waals surface area contributed by atoms with Crippen molar-refractivity contribution in [3.8, 4) is 0 Å². The van der Waals surface area contributed by atoms with Crippen molar-refractivity contribution in [2.45, 2.75) is 18.9 Å². The summed E-state index contributed by atoms with van der Waals surface area (Å²) in [7, 11) is 0. The largest absolute Gasteiger partial charge is 0.379 e. The summed E-state index contributed by atoms with van der Waals surface area (Å²) in [5.41, 5.74) is 6.36. The van der Waals surface area contributed by atoms with Gasteiger partial charge in [0.05, 0.1) is 11.6 Å². The van der Waals surface area contributed by atoms with Gasteiger partial charge in [0.15, 0.2) is 5.17 Å². The van der Waals surface area contributed by atoms with E-state index in [9.17, 15) is 9.18 Å². The smallest absolute Gasteiger partial charge is 0.275 e. The number of aliphatic imine (C=N–C) groups is 1. The molecule has 1 amide bonds. The number of ether oxygens (including phenoxy) is 1. The van der Waals surface area contributed by atoms with Crippen molar-refractivity contribution < 1.29 is 13.9 Å². The number of carbonyl (C=O) groups excluding carboxylic acids is 1. The Balaban J connectivity index is 1.69. The van der Waals surface area contributed by atoms with Crippen LogP contribution in [0.15, 0.2) is 28.6 Å². The number of aryl methyl sites for hydroxylation is 1. The summed E-state index contributed by atoms with van der Waals surface area (Å²) < 4.78 is 20.5. The van der Waals surface area contributed by atoms with Crippen molar-refractivity contribution >= 4 is 39.9 Å². The highest BCUT2D eigenvalue weighted by Gasteiger charge is 2.47. The number of aromatic nitrogens is 1. The highest BCUT2D eigenvalue weighted by molar-refractivity contribution is 8.13. The number of thioether (sulfide) groups is 1. The van der Waals surface area contributed by atoms with Crippen LogP contribution >= 0.6 is 23.1 Å². The molecule has 1 saturated heterocycles. The average molecular weight is 407 g/mol. The molecule has 27 heavy (non-hydrogen) atoms. The van der Waals surface area contributed by atoms with Crippen LogP contribution in [0.4, 0.5) is 10.1 Å². The van der Waals surface area contributed by atoms with Gasteiger partial charge in [-0.2, -0.15) is 0 Å². The van der Waals surface area contributed by atoms with Crippen molar-refractivity contribution in [3.63, 3.8) is 0 Å². The van der Waals surface area contributed by atoms with Gasteiger partial charge in [-0.3, -0.25) is 4.79 Å². The average Bonchev–Trinajstić information content (AvgIpc) is 3.09. The molecular formula is C18H19FN4O2S2. The maximum Gasteiger partial charge on any atom is 0.275 e. The van der Waals surface area contributed by atoms with E-state index < -0.39 is 5.54 Å². The number of carbonyl (C=O) groups is 1. The third kappa shape index (κ3) is 3.46. The first-order valence-electron chi connectivity index (χ1n) is 8.57. The molecule has 1 fully saturated rings. The highest BCUT2D eigenvalue weighted by Crippen LogP contribution is 2.45. The van der Waals surface area contributed by atoms with E-state index in [4.69, 9.17) is 10.5 Å². The molecule has 0 spiro atoms. The Morgan fingerprint density at radius 1 is 1.48 bits per heavy atom. The Morgan fingerprint density at radius 3 is 3.11 bits per heavy atom. The lowest BCUT2D eigenvalue weighted by Crippen LogP contribution is -2.48. The minimum atomic E-state index is -0.852. The minimum Gasteiger partial charge on any atom is -0.379 e. The third-order valence-corrected chi connectivity index (χ3v) is 6.62. The summed E-state index contributed by atoms with van der Waals surface area (Å²) >= 11 is 2.89. The van der Waals surface area contributed by atoms with Crippen molar-refractivity contribution in [1.82, 2.24) is 4.98 Å². The van der Waals surface area contributed by atoms with Gasteiger partial charge in [-0.05, 0) is 31.5 Å². The van der Waals surface area contributed by atoms with E-state index in [0.29, 0.717) is 28.7 Å². The molecule has 1 aromatic heterocycles. The number of amides is 1. The summed E-state index contributed by atoms with van der Waals surface area (Å²) in [6.07, 6.45) is 0.790. The fourth-order valence-corrected chi connectivity index (χ4v) is 5.16. The van der Waals surface area contributed by atoms with Crippen LogP contribution in [0, 0.1) is 18.7 Å². The number of anilines is 1. The molecular weight excluding hydrogens is 387 g/mol. The number of benzene rings is 1. The van der Waals surface area contributed by atoms with Crippen LogP contribution in [0.3, 0.4) is 0 Å². The molecule has 2 aliphatic heterocycles. The lowest BCUT2D eigenvalue weighted by molar-refractivity contribution is 0.00304. The van der Waals surface area contributed by atoms with Gasteiger partial charge in [-0.15, -0.1) is 11.3 Å². The van der Waals surface area contributed by atoms with E-state index in [1.165, 1.54) is 35.2 Å². The molecule has 4 rings (SSSR count). The van der Waals surface area contributed by atoms with Crippen molar-refractivity contribution in [2.24, 2.45) is 16.6 Å². The minimum absolute atomic E-state index is 0.130. The number of hydrogen-bond acceptors (Lipinski definition) is 7. The van der Waals surface area contributed by atoms with Gasteiger partial charge >= 0.3 is 0 Å². The first-order chi connectivity index (χ1) is 13.0. The number of nitrogens with one attached hydrogen (secondary N) is 1. The van der Waals surface area contributed by atoms with Crippen LogP contribution in [0.25, 0.3) is 0 Å². The molecule has 0 bridgehead atoms. The Morgan fingerprint density at radius 2 is 2.33 bits per heavy atom. The van der Waals surface area contributed by atoms with Crippen LogP contribution in [0.5, 0.6) is 0 Å². The second-order valence-electron chi connectivity index (χ2n) is 6.62. The number of thiazole rings is 1. The van der Waals surface area contributed by atoms with Crippen LogP contribution in [0.1, 0.15) is 27.5 Å². The number of rotatable bonds is 3. The number of halogens is 1. The molecule has 0 radical (unpaired) electrons. The van der Waals surface area contributed by atoms with Crippen molar-refractivity contribution in [1.29, 1.82) is 0 Å². The van der Waals surface area contributed by atoms with Crippen LogP contribution in [0.2, 0.25) is 0 Å². The summed E-state index contributed by atoms with van der Waals surface area (Å²) in [5.74, 6) is 0.196. The van der Waals surface area contributed by atoms with Crippen molar-refractivity contribution in [2.75, 3.05) is 24.3 Å². The van der Waals surface area contributed by atoms with Crippen LogP contribution in [-0.2, 0) is 10.3 Å². The summed E-state index contributed by atoms with van der Waals surface area (Å²) in [4.78, 5) is 21.2. The molecule has 1 aromatic carbocycles. The lowest BCUT2D eigenvalue weighted by Gasteiger charge is -2.43. The van der Waals surface area contributed by atoms with E-state index >= 15 is 0 Å². The molecule has 142 valence electrons. The molecule has 2 unspecified atom stereocenters. The highest BCUT2D eigenvalue weighted by atomic mass is 32.2. The third-order valence-electron chi connectivity index (χ3n) is 4.89. The molecule has 2 atom stereocenters. The molecule has 3 N–H and O–H groups in total. The van der Waals surface area contributed by atoms with Gasteiger partial charge in [0, 0.05) is 34.9 Å². The predicted molar refractivity (Wildman–Crippen MR) is 106 cm³/mol. The number of amidine groups is 1. The zero-order valence-electron chi connectivity index (χ0n) is 14.7. The van der Waals surface area contributed by atoms with Gasteiger partial charge in [0.2, 0.25) is 0 Å². The topological polar surface area (TPSA) is 89.6 Å². The molecule has 3 heterocycles. The quantitative estimate of drug-likeness (QED) is 0.817. The predicted octanol–water partition coefficient (Wildman–Crippen LogP) is 3.14. The van der Waals surface area contributed by atoms with Gasteiger partial charge < -0.3 is 15.8 Å². The second kappa shape index (κ2) is 7.21. The molecule has 9 heteroatoms. The Labute approximate surface area is 164 Å². The Bertz CT molecular complexity index is 917. The summed E-state index contributed by atoms with van der Waals surface area (Å²) in [6.45, 7) is 2.74. The van der Waals surface area contributed by atoms with Crippen molar-refractivity contribution in [3.05, 3.63) is 45.7 Å². The SMILES string of the molecule is Cc1nc(C(=O)Nc2ccc(F)c(C34COCCC3CSC(N)=N4)c2)cs1. The Hall–Kier alpha value is -1.97. The zero-order valence-corrected chi connectivity index (χ0v) is 16.3. The number of hydrogen-bond donors (Lipinski definition) is 2. The normalized spacial score (nSPS) is 24.8. The first-order valence-corrected chi connectivity index (χ1v) is 10.4. The molecule has 2 aliphatic rings. The van der Waals surface area contributed by atoms with E-state index in [2.05, 4.69) is 15.3 Å². The number of nitrogens with two attached hydrogens (primary N) is 1. The van der Waals surface area contributed by atoms with E-state index in [1.54, 1.807) is 11.4 Å². The lowest BCUT2D eigenvalue weighted by atomic mass is 9.76. The van der Waals surface area contributed by atoms with E-state index in [0.717, 1.165) is 17.2 Å². The Kier molecular flexibility index (Phi) is 4.92. The van der Waals surface area contributed by atoms with E-state index in [1.807, 2.05) is 6.92 Å². The standard InChI is InChI=1S/C18H19FN4O2S2/c1-10-21-15(8-26-10)16(24)22-12-2-3-14(19)13(6-12)18-9-25-5-4-11(18)7-27-17(20)23-18/h2-3,6,8,11H,4-5,7,9H2,1H3,(H2,20,23)(H,22,24). The van der Waals surface area contributed by atoms with Gasteiger partial charge in [-0.25, -0.2) is 14.4 Å². The number of nitrogens with zero attached hydrogens (tertiary/aromatic N) is 2. The maximum atomic E-state index is 14.8. The molecule has 2 aromatic rings. The summed E-state index contributed by atoms with van der Waals surface area (Å²) in [6, 6.07) is 4.53. The van der Waals surface area contributed by atoms with Gasteiger partial charge in [0.25, 0.3) is 5.91 Å². The monoisotopic (exact) mass is 406 g/mol. The fraction of sp³-hybridized carbons (Fsp3) is 0.389. The van der Waals surface area contributed by atoms with Gasteiger partial charge in [0.1, 0.15) is 17.1 Å². The van der Waals surface area contributed by atoms with Crippen LogP contribution in [-0.4, -0.2) is 35.0 Å². The zero-order chi connectivity index (χ0) is 19.0. The second-order valence-corrected chi connectivity index (χ2v) is 8.73. The summed E-state index contributed by atoms with van der Waals surface area (Å²) in [5, 5.41) is 5.74. The van der Waals surface area contributed by atoms with Gasteiger partial charge in [-0.1, -0.05) is 11.8 Å². The number of fused-ring (bicyclic) bond motifs is 1. The van der Waals surface area contributed by atoms with Crippen LogP contribution < -0.4 is 11.1 Å². The molecule has 6 nitrogen and oxygen atoms in total. The maximum absolute atomic E-state index is 14.8. The van der Waals surface area contributed by atoms with E-state index in [-0.39, 0.29) is 24.2 Å². The molecule has 0 saturated carbocycles.